The van der Waals surface area contributed by atoms with Gasteiger partial charge >= 0.3 is 11.6 Å². The Morgan fingerprint density at radius 3 is 2.46 bits per heavy atom. The van der Waals surface area contributed by atoms with Crippen molar-refractivity contribution >= 4 is 16.9 Å². The first-order chi connectivity index (χ1) is 11.5. The van der Waals surface area contributed by atoms with Crippen molar-refractivity contribution in [3.63, 3.8) is 0 Å². The van der Waals surface area contributed by atoms with Gasteiger partial charge in [-0.25, -0.2) is 4.79 Å². The second-order valence-corrected chi connectivity index (χ2v) is 5.28. The monoisotopic (exact) mass is 326 g/mol. The van der Waals surface area contributed by atoms with Gasteiger partial charge in [-0.1, -0.05) is 12.1 Å². The van der Waals surface area contributed by atoms with E-state index in [1.807, 2.05) is 0 Å². The number of ether oxygens (including phenoxy) is 1. The lowest BCUT2D eigenvalue weighted by molar-refractivity contribution is -0.144. The van der Waals surface area contributed by atoms with Gasteiger partial charge in [-0.2, -0.15) is 0 Å². The molecule has 0 spiro atoms. The highest BCUT2D eigenvalue weighted by Gasteiger charge is 2.10. The number of benzene rings is 2. The minimum atomic E-state index is -0.585. The summed E-state index contributed by atoms with van der Waals surface area (Å²) >= 11 is 0. The van der Waals surface area contributed by atoms with Crippen molar-refractivity contribution in [2.24, 2.45) is 0 Å². The second kappa shape index (κ2) is 6.45. The van der Waals surface area contributed by atoms with Crippen LogP contribution in [0, 0.1) is 0 Å². The van der Waals surface area contributed by atoms with Gasteiger partial charge in [0, 0.05) is 23.1 Å². The molecule has 2 aromatic carbocycles. The van der Waals surface area contributed by atoms with E-state index in [0.717, 1.165) is 0 Å². The maximum absolute atomic E-state index is 11.9. The molecule has 0 aliphatic heterocycles. The Morgan fingerprint density at radius 1 is 1.00 bits per heavy atom. The van der Waals surface area contributed by atoms with Gasteiger partial charge in [0.2, 0.25) is 0 Å². The van der Waals surface area contributed by atoms with Crippen molar-refractivity contribution in [1.29, 1.82) is 0 Å². The van der Waals surface area contributed by atoms with E-state index < -0.39 is 11.6 Å². The van der Waals surface area contributed by atoms with Gasteiger partial charge in [-0.15, -0.1) is 0 Å². The average molecular weight is 326 g/mol. The van der Waals surface area contributed by atoms with Gasteiger partial charge in [0.15, 0.2) is 0 Å². The molecule has 0 aliphatic carbocycles. The van der Waals surface area contributed by atoms with E-state index >= 15 is 0 Å². The van der Waals surface area contributed by atoms with Crippen LogP contribution in [-0.4, -0.2) is 16.2 Å². The zero-order valence-electron chi connectivity index (χ0n) is 12.6. The van der Waals surface area contributed by atoms with E-state index in [1.165, 1.54) is 30.3 Å². The molecule has 0 unspecified atom stereocenters. The van der Waals surface area contributed by atoms with E-state index in [0.29, 0.717) is 16.5 Å². The summed E-state index contributed by atoms with van der Waals surface area (Å²) in [5, 5.41) is 19.3. The molecule has 1 heterocycles. The van der Waals surface area contributed by atoms with Crippen LogP contribution in [0.4, 0.5) is 0 Å². The van der Waals surface area contributed by atoms with E-state index in [-0.39, 0.29) is 30.1 Å². The maximum Gasteiger partial charge on any atom is 0.336 e. The summed E-state index contributed by atoms with van der Waals surface area (Å²) in [6, 6.07) is 11.9. The molecule has 0 saturated carbocycles. The summed E-state index contributed by atoms with van der Waals surface area (Å²) < 4.78 is 10.2. The number of hydrogen-bond donors (Lipinski definition) is 2. The van der Waals surface area contributed by atoms with Crippen molar-refractivity contribution in [2.75, 3.05) is 0 Å². The molecule has 1 aromatic heterocycles. The largest absolute Gasteiger partial charge is 0.508 e. The SMILES string of the molecule is O=C(Cc1ccc(O)cc1)OCc1cc(=O)oc2cc(O)ccc12. The van der Waals surface area contributed by atoms with Gasteiger partial charge in [-0.05, 0) is 29.8 Å². The second-order valence-electron chi connectivity index (χ2n) is 5.28. The van der Waals surface area contributed by atoms with Gasteiger partial charge in [0.05, 0.1) is 6.42 Å². The fraction of sp³-hybridized carbons (Fsp3) is 0.111. The Balaban J connectivity index is 1.74. The molecule has 0 atom stereocenters. The number of carbonyl (C=O) groups excluding carboxylic acids is 1. The van der Waals surface area contributed by atoms with Crippen LogP contribution in [0.5, 0.6) is 11.5 Å². The molecule has 3 aromatic rings. The number of phenolic OH excluding ortho intramolecular Hbond substituents is 2. The van der Waals surface area contributed by atoms with Crippen molar-refractivity contribution in [1.82, 2.24) is 0 Å². The molecule has 6 heteroatoms. The van der Waals surface area contributed by atoms with Gasteiger partial charge in [-0.3, -0.25) is 4.79 Å². The third kappa shape index (κ3) is 3.55. The number of fused-ring (bicyclic) bond motifs is 1. The highest BCUT2D eigenvalue weighted by Crippen LogP contribution is 2.22. The number of esters is 1. The fourth-order valence-corrected chi connectivity index (χ4v) is 2.33. The summed E-state index contributed by atoms with van der Waals surface area (Å²) in [5.41, 5.74) is 0.852. The summed E-state index contributed by atoms with van der Waals surface area (Å²) in [6.45, 7) is -0.0796. The molecular formula is C18H14O6. The number of phenols is 2. The zero-order chi connectivity index (χ0) is 17.1. The van der Waals surface area contributed by atoms with E-state index in [9.17, 15) is 19.8 Å². The molecule has 122 valence electrons. The lowest BCUT2D eigenvalue weighted by Crippen LogP contribution is -2.09. The third-order valence-electron chi connectivity index (χ3n) is 3.49. The zero-order valence-corrected chi connectivity index (χ0v) is 12.6. The van der Waals surface area contributed by atoms with E-state index in [1.54, 1.807) is 18.2 Å². The van der Waals surface area contributed by atoms with Crippen LogP contribution in [0.3, 0.4) is 0 Å². The molecule has 0 aliphatic rings. The first kappa shape index (κ1) is 15.6. The molecule has 2 N–H and O–H groups in total. The molecule has 0 amide bonds. The topological polar surface area (TPSA) is 97.0 Å². The fourth-order valence-electron chi connectivity index (χ4n) is 2.33. The first-order valence-corrected chi connectivity index (χ1v) is 7.20. The summed E-state index contributed by atoms with van der Waals surface area (Å²) in [7, 11) is 0. The molecule has 0 fully saturated rings. The van der Waals surface area contributed by atoms with Crippen molar-refractivity contribution in [2.45, 2.75) is 13.0 Å². The van der Waals surface area contributed by atoms with Gasteiger partial charge in [0.1, 0.15) is 23.7 Å². The Morgan fingerprint density at radius 2 is 1.71 bits per heavy atom. The normalized spacial score (nSPS) is 10.7. The Labute approximate surface area is 136 Å². The Kier molecular flexibility index (Phi) is 4.20. The van der Waals surface area contributed by atoms with Gasteiger partial charge < -0.3 is 19.4 Å². The molecule has 6 nitrogen and oxygen atoms in total. The van der Waals surface area contributed by atoms with Crippen molar-refractivity contribution in [3.05, 3.63) is 70.1 Å². The standard InChI is InChI=1S/C18H14O6/c19-13-3-1-11(2-4-13)7-17(21)23-10-12-8-18(22)24-16-9-14(20)5-6-15(12)16/h1-6,8-9,19-20H,7,10H2. The molecule has 0 radical (unpaired) electrons. The van der Waals surface area contributed by atoms with Crippen LogP contribution in [0.1, 0.15) is 11.1 Å². The molecule has 0 saturated heterocycles. The highest BCUT2D eigenvalue weighted by atomic mass is 16.5. The third-order valence-corrected chi connectivity index (χ3v) is 3.49. The molecule has 3 rings (SSSR count). The lowest BCUT2D eigenvalue weighted by atomic mass is 10.1. The maximum atomic E-state index is 11.9. The lowest BCUT2D eigenvalue weighted by Gasteiger charge is -2.07. The molecule has 0 bridgehead atoms. The van der Waals surface area contributed by atoms with E-state index in [4.69, 9.17) is 9.15 Å². The van der Waals surface area contributed by atoms with Crippen molar-refractivity contribution in [3.8, 4) is 11.5 Å². The quantitative estimate of drug-likeness (QED) is 0.565. The predicted molar refractivity (Wildman–Crippen MR) is 85.8 cm³/mol. The Bertz CT molecular complexity index is 940. The predicted octanol–water partition coefficient (Wildman–Crippen LogP) is 2.49. The molecular weight excluding hydrogens is 312 g/mol. The highest BCUT2D eigenvalue weighted by molar-refractivity contribution is 5.81. The number of rotatable bonds is 4. The molecule has 24 heavy (non-hydrogen) atoms. The van der Waals surface area contributed by atoms with Crippen LogP contribution in [-0.2, 0) is 22.6 Å². The van der Waals surface area contributed by atoms with Crippen LogP contribution in [0.25, 0.3) is 11.0 Å². The van der Waals surface area contributed by atoms with E-state index in [2.05, 4.69) is 0 Å². The first-order valence-electron chi connectivity index (χ1n) is 7.20. The Hall–Kier alpha value is -3.28. The van der Waals surface area contributed by atoms with Crippen molar-refractivity contribution < 1.29 is 24.2 Å². The van der Waals surface area contributed by atoms with Crippen LogP contribution in [0.2, 0.25) is 0 Å². The van der Waals surface area contributed by atoms with Crippen LogP contribution in [0.15, 0.2) is 57.7 Å². The van der Waals surface area contributed by atoms with Gasteiger partial charge in [0.25, 0.3) is 0 Å². The average Bonchev–Trinajstić information content (AvgIpc) is 2.54. The summed E-state index contributed by atoms with van der Waals surface area (Å²) in [4.78, 5) is 23.5. The smallest absolute Gasteiger partial charge is 0.336 e. The summed E-state index contributed by atoms with van der Waals surface area (Å²) in [5.74, 6) is -0.356. The number of aromatic hydroxyl groups is 2. The minimum absolute atomic E-state index is 0.0212. The number of carbonyl (C=O) groups is 1. The number of hydrogen-bond acceptors (Lipinski definition) is 6. The van der Waals surface area contributed by atoms with Crippen LogP contribution < -0.4 is 5.63 Å². The summed E-state index contributed by atoms with van der Waals surface area (Å²) in [6.07, 6.45) is 0.0560. The van der Waals surface area contributed by atoms with Crippen LogP contribution >= 0.6 is 0 Å². The minimum Gasteiger partial charge on any atom is -0.508 e.